The Morgan fingerprint density at radius 3 is 2.43 bits per heavy atom. The van der Waals surface area contributed by atoms with E-state index in [1.807, 2.05) is 12.1 Å². The summed E-state index contributed by atoms with van der Waals surface area (Å²) in [7, 11) is 0. The SMILES string of the molecule is CC1(C)CC=C(c2cc(C3(O)C[C@@]4(C)O[C@](C)(C3)[C@@H](O)[C@H]4O)ccc2NC(=O)c2ncc(C#N)[nH]2)CC1. The molecule has 37 heavy (non-hydrogen) atoms. The van der Waals surface area contributed by atoms with Crippen LogP contribution in [0.1, 0.15) is 87.2 Å². The Balaban J connectivity index is 1.54. The summed E-state index contributed by atoms with van der Waals surface area (Å²) < 4.78 is 6.06. The number of H-pyrrole nitrogens is 1. The van der Waals surface area contributed by atoms with Gasteiger partial charge in [-0.2, -0.15) is 5.26 Å². The summed E-state index contributed by atoms with van der Waals surface area (Å²) in [5, 5.41) is 45.2. The highest BCUT2D eigenvalue weighted by Gasteiger charge is 2.65. The van der Waals surface area contributed by atoms with Crippen LogP contribution >= 0.6 is 0 Å². The second kappa shape index (κ2) is 8.50. The molecule has 1 aromatic heterocycles. The Labute approximate surface area is 216 Å². The zero-order valence-electron chi connectivity index (χ0n) is 21.6. The van der Waals surface area contributed by atoms with Crippen molar-refractivity contribution in [2.45, 2.75) is 88.8 Å². The van der Waals surface area contributed by atoms with Crippen LogP contribution in [0.2, 0.25) is 0 Å². The standard InChI is InChI=1S/C28H34N4O5/c1-25(2)9-7-16(8-10-25)19-11-17(5-6-20(19)32-24(35)23-30-13-18(12-29)31-23)28(36)14-26(3)21(33)22(34)27(4,15-28)37-26/h5-7,11,13,21-22,33-34,36H,8-10,14-15H2,1-4H3,(H,30,31)(H,32,35)/t21-,22+,26-,27-,28?/m1/s1. The number of aromatic nitrogens is 2. The van der Waals surface area contributed by atoms with Crippen LogP contribution in [0, 0.1) is 16.7 Å². The number of hydrogen-bond acceptors (Lipinski definition) is 7. The van der Waals surface area contributed by atoms with Gasteiger partial charge < -0.3 is 30.4 Å². The van der Waals surface area contributed by atoms with Gasteiger partial charge in [0.15, 0.2) is 5.82 Å². The number of fused-ring (bicyclic) bond motifs is 2. The van der Waals surface area contributed by atoms with Gasteiger partial charge >= 0.3 is 0 Å². The summed E-state index contributed by atoms with van der Waals surface area (Å²) >= 11 is 0. The fourth-order valence-corrected chi connectivity index (χ4v) is 6.24. The van der Waals surface area contributed by atoms with E-state index in [1.165, 1.54) is 6.20 Å². The van der Waals surface area contributed by atoms with E-state index in [-0.39, 0.29) is 29.8 Å². The summed E-state index contributed by atoms with van der Waals surface area (Å²) in [6.45, 7) is 7.88. The molecule has 2 aliphatic heterocycles. The number of anilines is 1. The Kier molecular flexibility index (Phi) is 5.88. The van der Waals surface area contributed by atoms with Gasteiger partial charge in [-0.1, -0.05) is 26.0 Å². The molecule has 9 heteroatoms. The number of carbonyl (C=O) groups excluding carboxylic acids is 1. The lowest BCUT2D eigenvalue weighted by atomic mass is 9.74. The maximum Gasteiger partial charge on any atom is 0.291 e. The summed E-state index contributed by atoms with van der Waals surface area (Å²) in [6, 6.07) is 7.37. The molecule has 3 heterocycles. The van der Waals surface area contributed by atoms with Crippen molar-refractivity contribution in [3.63, 3.8) is 0 Å². The molecule has 2 bridgehead atoms. The van der Waals surface area contributed by atoms with Crippen molar-refractivity contribution in [2.75, 3.05) is 5.32 Å². The van der Waals surface area contributed by atoms with Crippen LogP contribution < -0.4 is 5.32 Å². The Morgan fingerprint density at radius 2 is 1.86 bits per heavy atom. The number of nitrogens with one attached hydrogen (secondary N) is 2. The van der Waals surface area contributed by atoms with Crippen LogP contribution in [-0.2, 0) is 10.3 Å². The summed E-state index contributed by atoms with van der Waals surface area (Å²) in [5.74, 6) is -0.435. The van der Waals surface area contributed by atoms with Gasteiger partial charge in [0.25, 0.3) is 5.91 Å². The molecule has 9 nitrogen and oxygen atoms in total. The highest BCUT2D eigenvalue weighted by molar-refractivity contribution is 6.03. The third-order valence-corrected chi connectivity index (χ3v) is 8.34. The van der Waals surface area contributed by atoms with Gasteiger partial charge in [-0.25, -0.2) is 4.98 Å². The molecule has 3 aliphatic rings. The molecule has 2 fully saturated rings. The molecular formula is C28H34N4O5. The van der Waals surface area contributed by atoms with Gasteiger partial charge in [-0.05, 0) is 61.8 Å². The van der Waals surface area contributed by atoms with Gasteiger partial charge in [0.2, 0.25) is 0 Å². The molecule has 5 atom stereocenters. The van der Waals surface area contributed by atoms with Crippen LogP contribution in [-0.4, -0.2) is 54.6 Å². The Morgan fingerprint density at radius 1 is 1.19 bits per heavy atom. The van der Waals surface area contributed by atoms with Gasteiger partial charge in [0, 0.05) is 24.1 Å². The number of hydrogen-bond donors (Lipinski definition) is 5. The minimum absolute atomic E-state index is 0.0359. The van der Waals surface area contributed by atoms with E-state index >= 15 is 0 Å². The second-order valence-corrected chi connectivity index (χ2v) is 12.1. The largest absolute Gasteiger partial charge is 0.387 e. The number of ether oxygens (including phenoxy) is 1. The lowest BCUT2D eigenvalue weighted by Crippen LogP contribution is -2.51. The van der Waals surface area contributed by atoms with E-state index in [0.29, 0.717) is 11.3 Å². The predicted octanol–water partition coefficient (Wildman–Crippen LogP) is 3.38. The first-order valence-corrected chi connectivity index (χ1v) is 12.7. The van der Waals surface area contributed by atoms with Crippen molar-refractivity contribution in [2.24, 2.45) is 5.41 Å². The first-order chi connectivity index (χ1) is 17.3. The highest BCUT2D eigenvalue weighted by Crippen LogP contribution is 2.55. The molecule has 0 saturated carbocycles. The Bertz CT molecular complexity index is 1300. The maximum atomic E-state index is 12.9. The van der Waals surface area contributed by atoms with Crippen LogP contribution in [0.3, 0.4) is 0 Å². The molecular weight excluding hydrogens is 472 g/mol. The van der Waals surface area contributed by atoms with Crippen molar-refractivity contribution in [3.05, 3.63) is 53.1 Å². The summed E-state index contributed by atoms with van der Waals surface area (Å²) in [6.07, 6.45) is 4.19. The minimum atomic E-state index is -1.35. The zero-order chi connectivity index (χ0) is 26.8. The van der Waals surface area contributed by atoms with E-state index < -0.39 is 34.9 Å². The van der Waals surface area contributed by atoms with E-state index in [4.69, 9.17) is 10.00 Å². The van der Waals surface area contributed by atoms with E-state index in [9.17, 15) is 20.1 Å². The summed E-state index contributed by atoms with van der Waals surface area (Å²) in [5.41, 5.74) is -0.0826. The lowest BCUT2D eigenvalue weighted by Gasteiger charge is -2.46. The molecule has 0 spiro atoms. The van der Waals surface area contributed by atoms with Crippen molar-refractivity contribution in [1.82, 2.24) is 9.97 Å². The average molecular weight is 507 g/mol. The van der Waals surface area contributed by atoms with Crippen LogP contribution in [0.4, 0.5) is 5.69 Å². The lowest BCUT2D eigenvalue weighted by molar-refractivity contribution is -0.215. The van der Waals surface area contributed by atoms with Crippen molar-refractivity contribution in [3.8, 4) is 6.07 Å². The van der Waals surface area contributed by atoms with Crippen LogP contribution in [0.5, 0.6) is 0 Å². The molecule has 0 radical (unpaired) electrons. The number of aliphatic hydroxyl groups is 3. The van der Waals surface area contributed by atoms with Crippen LogP contribution in [0.15, 0.2) is 30.5 Å². The molecule has 2 aromatic rings. The van der Waals surface area contributed by atoms with Gasteiger partial charge in [0.1, 0.15) is 24.0 Å². The molecule has 2 saturated heterocycles. The second-order valence-electron chi connectivity index (χ2n) is 12.1. The smallest absolute Gasteiger partial charge is 0.291 e. The highest BCUT2D eigenvalue weighted by atomic mass is 16.6. The fraction of sp³-hybridized carbons (Fsp3) is 0.536. The van der Waals surface area contributed by atoms with Gasteiger partial charge in [0.05, 0.1) is 23.0 Å². The molecule has 1 unspecified atom stereocenters. The first kappa shape index (κ1) is 25.6. The number of rotatable bonds is 4. The van der Waals surface area contributed by atoms with Crippen molar-refractivity contribution >= 4 is 17.2 Å². The third kappa shape index (κ3) is 4.38. The quantitative estimate of drug-likeness (QED) is 0.426. The van der Waals surface area contributed by atoms with E-state index in [1.54, 1.807) is 26.0 Å². The fourth-order valence-electron chi connectivity index (χ4n) is 6.24. The number of aromatic amines is 1. The molecule has 1 aromatic carbocycles. The molecule has 1 amide bonds. The molecule has 5 N–H and O–H groups in total. The maximum absolute atomic E-state index is 12.9. The zero-order valence-corrected chi connectivity index (χ0v) is 21.6. The number of amides is 1. The van der Waals surface area contributed by atoms with Crippen molar-refractivity contribution in [1.29, 1.82) is 5.26 Å². The number of carbonyl (C=O) groups is 1. The van der Waals surface area contributed by atoms with Crippen molar-refractivity contribution < 1.29 is 24.9 Å². The summed E-state index contributed by atoms with van der Waals surface area (Å²) in [4.78, 5) is 19.6. The number of imidazole rings is 1. The number of benzene rings is 1. The number of allylic oxidation sites excluding steroid dienone is 2. The molecule has 196 valence electrons. The predicted molar refractivity (Wildman–Crippen MR) is 136 cm³/mol. The minimum Gasteiger partial charge on any atom is -0.387 e. The average Bonchev–Trinajstić information content (AvgIpc) is 3.36. The molecule has 1 aliphatic carbocycles. The Hall–Kier alpha value is -3.03. The topological polar surface area (TPSA) is 151 Å². The number of nitrogens with zero attached hydrogens (tertiary/aromatic N) is 2. The van der Waals surface area contributed by atoms with E-state index in [0.717, 1.165) is 30.4 Å². The van der Waals surface area contributed by atoms with Gasteiger partial charge in [-0.3, -0.25) is 4.79 Å². The van der Waals surface area contributed by atoms with E-state index in [2.05, 4.69) is 35.2 Å². The normalized spacial score (nSPS) is 34.5. The molecule has 5 rings (SSSR count). The number of aliphatic hydroxyl groups excluding tert-OH is 2. The number of nitriles is 1. The first-order valence-electron chi connectivity index (χ1n) is 12.7. The monoisotopic (exact) mass is 506 g/mol. The van der Waals surface area contributed by atoms with Gasteiger partial charge in [-0.15, -0.1) is 0 Å². The third-order valence-electron chi connectivity index (χ3n) is 8.34. The van der Waals surface area contributed by atoms with Crippen LogP contribution in [0.25, 0.3) is 5.57 Å².